The van der Waals surface area contributed by atoms with Crippen molar-refractivity contribution in [3.8, 4) is 5.88 Å². The van der Waals surface area contributed by atoms with Crippen molar-refractivity contribution in [3.63, 3.8) is 0 Å². The monoisotopic (exact) mass is 364 g/mol. The van der Waals surface area contributed by atoms with Crippen molar-refractivity contribution in [3.05, 3.63) is 64.2 Å². The molecule has 138 valence electrons. The Balaban J connectivity index is 1.45. The van der Waals surface area contributed by atoms with E-state index in [1.165, 1.54) is 24.6 Å². The zero-order valence-corrected chi connectivity index (χ0v) is 15.0. The molecule has 7 heteroatoms. The Labute approximate surface area is 156 Å². The second-order valence-corrected chi connectivity index (χ2v) is 6.76. The number of benzene rings is 1. The number of carbonyl (C=O) groups is 1. The summed E-state index contributed by atoms with van der Waals surface area (Å²) >= 11 is 0. The van der Waals surface area contributed by atoms with E-state index in [0.717, 1.165) is 5.56 Å². The van der Waals surface area contributed by atoms with Gasteiger partial charge in [0.2, 0.25) is 5.88 Å². The molecule has 0 unspecified atom stereocenters. The molecule has 1 aromatic carbocycles. The van der Waals surface area contributed by atoms with Crippen LogP contribution in [0.1, 0.15) is 28.9 Å². The minimum atomic E-state index is -0.337. The highest BCUT2D eigenvalue weighted by Crippen LogP contribution is 2.29. The summed E-state index contributed by atoms with van der Waals surface area (Å²) in [7, 11) is 1.54. The largest absolute Gasteiger partial charge is 0.477 e. The highest BCUT2D eigenvalue weighted by Gasteiger charge is 2.22. The van der Waals surface area contributed by atoms with E-state index < -0.39 is 0 Å². The molecular weight excluding hydrogens is 344 g/mol. The Morgan fingerprint density at radius 3 is 2.70 bits per heavy atom. The van der Waals surface area contributed by atoms with Crippen LogP contribution in [-0.4, -0.2) is 27.3 Å². The fourth-order valence-electron chi connectivity index (χ4n) is 2.82. The highest BCUT2D eigenvalue weighted by atomic mass is 16.5. The van der Waals surface area contributed by atoms with E-state index >= 15 is 0 Å². The normalized spacial score (nSPS) is 13.5. The number of amides is 1. The van der Waals surface area contributed by atoms with Crippen molar-refractivity contribution >= 4 is 16.7 Å². The van der Waals surface area contributed by atoms with Gasteiger partial charge in [0, 0.05) is 31.2 Å². The maximum atomic E-state index is 12.6. The first-order chi connectivity index (χ1) is 13.1. The number of carbonyl (C=O) groups excluding carboxylic acids is 1. The third-order valence-corrected chi connectivity index (χ3v) is 4.59. The Kier molecular flexibility index (Phi) is 4.58. The Morgan fingerprint density at radius 1 is 1.22 bits per heavy atom. The van der Waals surface area contributed by atoms with Crippen LogP contribution in [0.25, 0.3) is 10.8 Å². The predicted molar refractivity (Wildman–Crippen MR) is 101 cm³/mol. The zero-order chi connectivity index (χ0) is 18.8. The number of pyridine rings is 1. The maximum absolute atomic E-state index is 12.6. The van der Waals surface area contributed by atoms with Crippen LogP contribution in [0.2, 0.25) is 0 Å². The van der Waals surface area contributed by atoms with Crippen molar-refractivity contribution in [2.45, 2.75) is 19.4 Å². The molecule has 0 bridgehead atoms. The summed E-state index contributed by atoms with van der Waals surface area (Å²) in [6, 6.07) is 10.7. The molecular formula is C20H20N4O3. The zero-order valence-electron chi connectivity index (χ0n) is 15.0. The molecule has 2 heterocycles. The summed E-state index contributed by atoms with van der Waals surface area (Å²) in [5, 5.41) is 7.98. The van der Waals surface area contributed by atoms with Crippen LogP contribution in [0.5, 0.6) is 5.88 Å². The van der Waals surface area contributed by atoms with Gasteiger partial charge in [-0.05, 0) is 30.4 Å². The highest BCUT2D eigenvalue weighted by molar-refractivity contribution is 6.04. The Morgan fingerprint density at radius 2 is 2.00 bits per heavy atom. The van der Waals surface area contributed by atoms with Crippen LogP contribution in [-0.2, 0) is 13.6 Å². The van der Waals surface area contributed by atoms with Crippen LogP contribution in [0.4, 0.5) is 0 Å². The molecule has 1 aliphatic rings. The van der Waals surface area contributed by atoms with E-state index in [-0.39, 0.29) is 17.2 Å². The minimum absolute atomic E-state index is 0.227. The lowest BCUT2D eigenvalue weighted by Crippen LogP contribution is -2.29. The van der Waals surface area contributed by atoms with E-state index in [0.29, 0.717) is 35.7 Å². The lowest BCUT2D eigenvalue weighted by Gasteiger charge is -2.09. The third-order valence-electron chi connectivity index (χ3n) is 4.59. The molecule has 1 amide bonds. The van der Waals surface area contributed by atoms with Gasteiger partial charge in [0.15, 0.2) is 5.69 Å². The van der Waals surface area contributed by atoms with Crippen molar-refractivity contribution < 1.29 is 9.53 Å². The standard InChI is InChI=1S/C20H20N4O3/c1-24-20(26)16-5-3-2-4-15(16)18(23-24)19(25)22-11-14-8-9-17(21-10-14)27-12-13-6-7-13/h2-5,8-10,13H,6-7,11-12H2,1H3,(H,22,25). The van der Waals surface area contributed by atoms with Gasteiger partial charge < -0.3 is 10.1 Å². The molecule has 4 rings (SSSR count). The number of fused-ring (bicyclic) bond motifs is 1. The summed E-state index contributed by atoms with van der Waals surface area (Å²) in [6.45, 7) is 1.03. The fourth-order valence-corrected chi connectivity index (χ4v) is 2.82. The maximum Gasteiger partial charge on any atom is 0.274 e. The van der Waals surface area contributed by atoms with Gasteiger partial charge in [-0.1, -0.05) is 24.3 Å². The summed E-state index contributed by atoms with van der Waals surface area (Å²) in [4.78, 5) is 29.0. The molecule has 1 saturated carbocycles. The van der Waals surface area contributed by atoms with E-state index in [4.69, 9.17) is 4.74 Å². The lowest BCUT2D eigenvalue weighted by molar-refractivity contribution is 0.0945. The molecule has 0 spiro atoms. The molecule has 2 aromatic heterocycles. The predicted octanol–water partition coefficient (Wildman–Crippen LogP) is 2.05. The first-order valence-corrected chi connectivity index (χ1v) is 8.94. The number of ether oxygens (including phenoxy) is 1. The molecule has 1 fully saturated rings. The molecule has 0 radical (unpaired) electrons. The first-order valence-electron chi connectivity index (χ1n) is 8.94. The van der Waals surface area contributed by atoms with Crippen LogP contribution in [0.15, 0.2) is 47.4 Å². The Hall–Kier alpha value is -3.22. The molecule has 1 aliphatic carbocycles. The number of aryl methyl sites for hydroxylation is 1. The number of nitrogens with zero attached hydrogens (tertiary/aromatic N) is 3. The van der Waals surface area contributed by atoms with E-state index in [1.54, 1.807) is 30.5 Å². The van der Waals surface area contributed by atoms with Crippen molar-refractivity contribution in [1.29, 1.82) is 0 Å². The van der Waals surface area contributed by atoms with Gasteiger partial charge in [0.1, 0.15) is 0 Å². The van der Waals surface area contributed by atoms with Gasteiger partial charge in [0.25, 0.3) is 11.5 Å². The molecule has 1 N–H and O–H groups in total. The molecule has 0 saturated heterocycles. The average Bonchev–Trinajstić information content (AvgIpc) is 3.52. The number of hydrogen-bond acceptors (Lipinski definition) is 5. The second kappa shape index (κ2) is 7.19. The summed E-state index contributed by atoms with van der Waals surface area (Å²) in [5.74, 6) is 0.938. The van der Waals surface area contributed by atoms with Gasteiger partial charge in [-0.2, -0.15) is 5.10 Å². The number of nitrogens with one attached hydrogen (secondary N) is 1. The van der Waals surface area contributed by atoms with Crippen LogP contribution >= 0.6 is 0 Å². The van der Waals surface area contributed by atoms with Crippen LogP contribution in [0.3, 0.4) is 0 Å². The van der Waals surface area contributed by atoms with E-state index in [2.05, 4.69) is 15.4 Å². The number of hydrogen-bond donors (Lipinski definition) is 1. The summed E-state index contributed by atoms with van der Waals surface area (Å²) < 4.78 is 6.80. The quantitative estimate of drug-likeness (QED) is 0.723. The fraction of sp³-hybridized carbons (Fsp3) is 0.300. The van der Waals surface area contributed by atoms with Crippen molar-refractivity contribution in [2.24, 2.45) is 13.0 Å². The number of rotatable bonds is 6. The first kappa shape index (κ1) is 17.2. The summed E-state index contributed by atoms with van der Waals surface area (Å²) in [6.07, 6.45) is 4.16. The SMILES string of the molecule is Cn1nc(C(=O)NCc2ccc(OCC3CC3)nc2)c2ccccc2c1=O. The van der Waals surface area contributed by atoms with Gasteiger partial charge in [-0.3, -0.25) is 9.59 Å². The van der Waals surface area contributed by atoms with Gasteiger partial charge in [-0.25, -0.2) is 9.67 Å². The van der Waals surface area contributed by atoms with Crippen LogP contribution in [0, 0.1) is 5.92 Å². The smallest absolute Gasteiger partial charge is 0.274 e. The van der Waals surface area contributed by atoms with Crippen molar-refractivity contribution in [1.82, 2.24) is 20.1 Å². The van der Waals surface area contributed by atoms with Gasteiger partial charge >= 0.3 is 0 Å². The van der Waals surface area contributed by atoms with E-state index in [9.17, 15) is 9.59 Å². The molecule has 0 aliphatic heterocycles. The van der Waals surface area contributed by atoms with Gasteiger partial charge in [-0.15, -0.1) is 0 Å². The third kappa shape index (κ3) is 3.81. The Bertz CT molecular complexity index is 1040. The molecule has 0 atom stereocenters. The minimum Gasteiger partial charge on any atom is -0.477 e. The average molecular weight is 364 g/mol. The topological polar surface area (TPSA) is 86.1 Å². The molecule has 7 nitrogen and oxygen atoms in total. The molecule has 27 heavy (non-hydrogen) atoms. The second-order valence-electron chi connectivity index (χ2n) is 6.76. The van der Waals surface area contributed by atoms with E-state index in [1.807, 2.05) is 12.1 Å². The van der Waals surface area contributed by atoms with Gasteiger partial charge in [0.05, 0.1) is 12.0 Å². The lowest BCUT2D eigenvalue weighted by atomic mass is 10.1. The van der Waals surface area contributed by atoms with Crippen LogP contribution < -0.4 is 15.6 Å². The van der Waals surface area contributed by atoms with Crippen molar-refractivity contribution in [2.75, 3.05) is 6.61 Å². The molecule has 3 aromatic rings. The number of aromatic nitrogens is 3. The summed E-state index contributed by atoms with van der Waals surface area (Å²) in [5.41, 5.74) is 0.856.